The molecule has 0 saturated carbocycles. The lowest BCUT2D eigenvalue weighted by Crippen LogP contribution is -2.47. The Balaban J connectivity index is 1.50. The van der Waals surface area contributed by atoms with E-state index in [9.17, 15) is 4.79 Å². The highest BCUT2D eigenvalue weighted by atomic mass is 16.5. The number of benzene rings is 1. The van der Waals surface area contributed by atoms with Crippen LogP contribution in [-0.2, 0) is 4.74 Å². The molecule has 0 N–H and O–H groups in total. The summed E-state index contributed by atoms with van der Waals surface area (Å²) in [4.78, 5) is 22.2. The molecule has 6 heteroatoms. The number of fused-ring (bicyclic) bond motifs is 1. The number of para-hydroxylation sites is 1. The maximum absolute atomic E-state index is 13.3. The van der Waals surface area contributed by atoms with Gasteiger partial charge in [0.2, 0.25) is 0 Å². The van der Waals surface area contributed by atoms with Crippen molar-refractivity contribution in [1.82, 2.24) is 14.8 Å². The smallest absolute Gasteiger partial charge is 0.258 e. The number of likely N-dealkylation sites (tertiary alicyclic amines) is 1. The van der Waals surface area contributed by atoms with Gasteiger partial charge in [-0.15, -0.1) is 0 Å². The normalized spacial score (nSPS) is 19.8. The largest absolute Gasteiger partial charge is 0.494 e. The van der Waals surface area contributed by atoms with E-state index in [1.165, 1.54) is 0 Å². The van der Waals surface area contributed by atoms with Gasteiger partial charge in [-0.1, -0.05) is 18.2 Å². The maximum atomic E-state index is 13.3. The highest BCUT2D eigenvalue weighted by Gasteiger charge is 2.29. The van der Waals surface area contributed by atoms with Crippen LogP contribution in [0.3, 0.4) is 0 Å². The van der Waals surface area contributed by atoms with Gasteiger partial charge >= 0.3 is 0 Å². The fourth-order valence-electron chi connectivity index (χ4n) is 4.22. The molecule has 0 atom stereocenters. The molecule has 4 rings (SSSR count). The van der Waals surface area contributed by atoms with Crippen LogP contribution in [0.25, 0.3) is 10.9 Å². The molecule has 1 aromatic carbocycles. The number of hydrogen-bond acceptors (Lipinski definition) is 5. The Hall–Kier alpha value is -2.18. The molecule has 2 aromatic rings. The lowest BCUT2D eigenvalue weighted by molar-refractivity contribution is 0.0608. The third kappa shape index (κ3) is 3.77. The fourth-order valence-corrected chi connectivity index (χ4v) is 4.22. The first-order valence-corrected chi connectivity index (χ1v) is 9.80. The molecule has 0 spiro atoms. The second-order valence-corrected chi connectivity index (χ2v) is 7.24. The van der Waals surface area contributed by atoms with Crippen LogP contribution >= 0.6 is 0 Å². The number of nitrogens with zero attached hydrogens (tertiary/aromatic N) is 3. The molecule has 27 heavy (non-hydrogen) atoms. The van der Waals surface area contributed by atoms with E-state index < -0.39 is 0 Å². The number of carbonyl (C=O) groups is 1. The zero-order valence-electron chi connectivity index (χ0n) is 15.9. The van der Waals surface area contributed by atoms with Gasteiger partial charge in [-0.05, 0) is 25.3 Å². The average molecular weight is 369 g/mol. The molecular weight excluding hydrogens is 342 g/mol. The van der Waals surface area contributed by atoms with Crippen molar-refractivity contribution in [3.05, 3.63) is 36.0 Å². The van der Waals surface area contributed by atoms with Gasteiger partial charge in [-0.2, -0.15) is 0 Å². The second-order valence-electron chi connectivity index (χ2n) is 7.24. The van der Waals surface area contributed by atoms with Crippen LogP contribution in [0, 0.1) is 0 Å². The minimum absolute atomic E-state index is 0.0445. The number of ether oxygens (including phenoxy) is 2. The van der Waals surface area contributed by atoms with Gasteiger partial charge in [0.15, 0.2) is 5.75 Å². The first-order chi connectivity index (χ1) is 13.3. The van der Waals surface area contributed by atoms with E-state index in [1.807, 2.05) is 29.2 Å². The molecule has 1 amide bonds. The van der Waals surface area contributed by atoms with Crippen molar-refractivity contribution in [2.75, 3.05) is 46.5 Å². The van der Waals surface area contributed by atoms with Gasteiger partial charge in [0.1, 0.15) is 0 Å². The molecule has 6 nitrogen and oxygen atoms in total. The van der Waals surface area contributed by atoms with Gasteiger partial charge < -0.3 is 14.4 Å². The van der Waals surface area contributed by atoms with E-state index in [-0.39, 0.29) is 5.91 Å². The number of amides is 1. The quantitative estimate of drug-likeness (QED) is 0.832. The summed E-state index contributed by atoms with van der Waals surface area (Å²) in [6, 6.07) is 8.30. The van der Waals surface area contributed by atoms with Crippen molar-refractivity contribution in [3.63, 3.8) is 0 Å². The predicted octanol–water partition coefficient (Wildman–Crippen LogP) is 2.57. The molecule has 0 unspecified atom stereocenters. The molecule has 0 bridgehead atoms. The zero-order valence-corrected chi connectivity index (χ0v) is 15.9. The van der Waals surface area contributed by atoms with Crippen molar-refractivity contribution < 1.29 is 14.3 Å². The van der Waals surface area contributed by atoms with Crippen molar-refractivity contribution in [1.29, 1.82) is 0 Å². The standard InChI is InChI=1S/C21H27N3O3/c1-26-19-15-22-18-6-3-2-5-17(18)20(19)21(25)24-10-7-16(8-11-24)23-9-4-13-27-14-12-23/h2-3,5-6,15-16H,4,7-14H2,1H3. The van der Waals surface area contributed by atoms with Crippen molar-refractivity contribution >= 4 is 16.8 Å². The van der Waals surface area contributed by atoms with Crippen molar-refractivity contribution in [3.8, 4) is 5.75 Å². The Morgan fingerprint density at radius 2 is 1.96 bits per heavy atom. The van der Waals surface area contributed by atoms with Crippen LogP contribution in [0.5, 0.6) is 5.75 Å². The summed E-state index contributed by atoms with van der Waals surface area (Å²) < 4.78 is 11.0. The van der Waals surface area contributed by atoms with Crippen LogP contribution in [0.15, 0.2) is 30.5 Å². The van der Waals surface area contributed by atoms with E-state index in [1.54, 1.807) is 13.3 Å². The molecule has 0 radical (unpaired) electrons. The topological polar surface area (TPSA) is 54.9 Å². The van der Waals surface area contributed by atoms with Crippen molar-refractivity contribution in [2.24, 2.45) is 0 Å². The number of aromatic nitrogens is 1. The van der Waals surface area contributed by atoms with E-state index in [4.69, 9.17) is 9.47 Å². The summed E-state index contributed by atoms with van der Waals surface area (Å²) >= 11 is 0. The van der Waals surface area contributed by atoms with Gasteiger partial charge in [0, 0.05) is 44.2 Å². The summed E-state index contributed by atoms with van der Waals surface area (Å²) in [5.41, 5.74) is 1.45. The SMILES string of the molecule is COc1cnc2ccccc2c1C(=O)N1CCC(N2CCCOCC2)CC1. The minimum Gasteiger partial charge on any atom is -0.494 e. The molecule has 1 aromatic heterocycles. The first kappa shape index (κ1) is 18.2. The van der Waals surface area contributed by atoms with Gasteiger partial charge in [0.05, 0.1) is 31.0 Å². The summed E-state index contributed by atoms with van der Waals surface area (Å²) in [7, 11) is 1.59. The lowest BCUT2D eigenvalue weighted by Gasteiger charge is -2.38. The van der Waals surface area contributed by atoms with Crippen LogP contribution in [0.1, 0.15) is 29.6 Å². The molecule has 2 fully saturated rings. The Morgan fingerprint density at radius 3 is 2.78 bits per heavy atom. The Bertz CT molecular complexity index is 794. The minimum atomic E-state index is 0.0445. The average Bonchev–Trinajstić information content (AvgIpc) is 3.02. The van der Waals surface area contributed by atoms with Crippen molar-refractivity contribution in [2.45, 2.75) is 25.3 Å². The fraction of sp³-hybridized carbons (Fsp3) is 0.524. The molecule has 2 aliphatic rings. The molecule has 2 aliphatic heterocycles. The molecule has 3 heterocycles. The molecule has 0 aliphatic carbocycles. The third-order valence-corrected chi connectivity index (χ3v) is 5.70. The van der Waals surface area contributed by atoms with Gasteiger partial charge in [-0.25, -0.2) is 0 Å². The highest BCUT2D eigenvalue weighted by molar-refractivity contribution is 6.08. The number of carbonyl (C=O) groups excluding carboxylic acids is 1. The number of pyridine rings is 1. The number of piperidine rings is 1. The summed E-state index contributed by atoms with van der Waals surface area (Å²) in [5, 5.41) is 0.855. The third-order valence-electron chi connectivity index (χ3n) is 5.70. The zero-order chi connectivity index (χ0) is 18.6. The summed E-state index contributed by atoms with van der Waals surface area (Å²) in [6.07, 6.45) is 4.77. The predicted molar refractivity (Wildman–Crippen MR) is 104 cm³/mol. The van der Waals surface area contributed by atoms with Gasteiger partial charge in [0.25, 0.3) is 5.91 Å². The van der Waals surface area contributed by atoms with Crippen LogP contribution in [0.2, 0.25) is 0 Å². The molecule has 2 saturated heterocycles. The number of methoxy groups -OCH3 is 1. The molecular formula is C21H27N3O3. The maximum Gasteiger partial charge on any atom is 0.258 e. The Labute approximate surface area is 160 Å². The molecule has 144 valence electrons. The lowest BCUT2D eigenvalue weighted by atomic mass is 10.0. The van der Waals surface area contributed by atoms with E-state index in [0.29, 0.717) is 17.4 Å². The first-order valence-electron chi connectivity index (χ1n) is 9.80. The monoisotopic (exact) mass is 369 g/mol. The Kier molecular flexibility index (Phi) is 5.55. The highest BCUT2D eigenvalue weighted by Crippen LogP contribution is 2.29. The number of hydrogen-bond donors (Lipinski definition) is 0. The Morgan fingerprint density at radius 1 is 1.15 bits per heavy atom. The van der Waals surface area contributed by atoms with Crippen LogP contribution in [0.4, 0.5) is 0 Å². The van der Waals surface area contributed by atoms with E-state index in [2.05, 4.69) is 9.88 Å². The van der Waals surface area contributed by atoms with Crippen LogP contribution < -0.4 is 4.74 Å². The van der Waals surface area contributed by atoms with Gasteiger partial charge in [-0.3, -0.25) is 14.7 Å². The summed E-state index contributed by atoms with van der Waals surface area (Å²) in [6.45, 7) is 5.34. The van der Waals surface area contributed by atoms with Crippen LogP contribution in [-0.4, -0.2) is 73.2 Å². The summed E-state index contributed by atoms with van der Waals surface area (Å²) in [5.74, 6) is 0.591. The van der Waals surface area contributed by atoms with E-state index >= 15 is 0 Å². The second kappa shape index (κ2) is 8.23. The van der Waals surface area contributed by atoms with E-state index in [0.717, 1.165) is 69.6 Å². The number of rotatable bonds is 3.